The lowest BCUT2D eigenvalue weighted by Gasteiger charge is -2.16. The van der Waals surface area contributed by atoms with Gasteiger partial charge in [0.1, 0.15) is 17.6 Å². The molecule has 3 rings (SSSR count). The summed E-state index contributed by atoms with van der Waals surface area (Å²) < 4.78 is 113. The van der Waals surface area contributed by atoms with Gasteiger partial charge < -0.3 is 20.3 Å². The lowest BCUT2D eigenvalue weighted by Crippen LogP contribution is -2.13. The van der Waals surface area contributed by atoms with E-state index in [-0.39, 0.29) is 40.2 Å². The van der Waals surface area contributed by atoms with Gasteiger partial charge >= 0.3 is 0 Å². The van der Waals surface area contributed by atoms with E-state index in [9.17, 15) is 14.4 Å². The van der Waals surface area contributed by atoms with Crippen LogP contribution in [0.1, 0.15) is 28.9 Å². The SMILES string of the molecule is [2H]/C(=C\C(=O)Nc1cc2c(Nc3c([2H])c([2H])c(F)c(Cl)c3[2H])c(C#N)cnc2cc1OCC)C([2H])([2H])N(C([2H])([2H])[2H])C([2H])([2H])[2H]. The Balaban J connectivity index is 2.16. The van der Waals surface area contributed by atoms with E-state index in [0.717, 1.165) is 6.20 Å². The van der Waals surface area contributed by atoms with Gasteiger partial charge in [-0.05, 0) is 45.1 Å². The van der Waals surface area contributed by atoms with Crippen LogP contribution < -0.4 is 15.4 Å². The van der Waals surface area contributed by atoms with E-state index in [1.54, 1.807) is 6.92 Å². The Labute approximate surface area is 213 Å². The molecule has 0 unspecified atom stereocenters. The summed E-state index contributed by atoms with van der Waals surface area (Å²) in [5.74, 6) is -2.46. The number of aromatic nitrogens is 1. The molecular formula is C24H23ClFN5O2. The minimum Gasteiger partial charge on any atom is -0.492 e. The monoisotopic (exact) mass is 479 g/mol. The Morgan fingerprint density at radius 3 is 3.06 bits per heavy atom. The van der Waals surface area contributed by atoms with Gasteiger partial charge in [0.25, 0.3) is 0 Å². The molecule has 170 valence electrons. The highest BCUT2D eigenvalue weighted by Gasteiger charge is 2.15. The van der Waals surface area contributed by atoms with Crippen molar-refractivity contribution in [2.24, 2.45) is 0 Å². The molecule has 0 saturated heterocycles. The maximum atomic E-state index is 14.2. The second-order valence-electron chi connectivity index (χ2n) is 6.19. The molecule has 3 aromatic rings. The Bertz CT molecular complexity index is 1700. The van der Waals surface area contributed by atoms with Crippen molar-refractivity contribution in [3.05, 3.63) is 65.0 Å². The third-order valence-electron chi connectivity index (χ3n) is 4.00. The number of amides is 1. The lowest BCUT2D eigenvalue weighted by molar-refractivity contribution is -0.111. The number of ether oxygens (including phenoxy) is 1. The molecule has 1 heterocycles. The van der Waals surface area contributed by atoms with Crippen LogP contribution in [0.3, 0.4) is 0 Å². The predicted molar refractivity (Wildman–Crippen MR) is 129 cm³/mol. The fraction of sp³-hybridized carbons (Fsp3) is 0.208. The lowest BCUT2D eigenvalue weighted by atomic mass is 10.1. The van der Waals surface area contributed by atoms with Gasteiger partial charge in [-0.3, -0.25) is 9.78 Å². The summed E-state index contributed by atoms with van der Waals surface area (Å²) in [6.45, 7) is -8.76. The molecule has 0 aliphatic heterocycles. The first-order valence-electron chi connectivity index (χ1n) is 15.2. The van der Waals surface area contributed by atoms with Crippen LogP contribution in [0.15, 0.2) is 48.6 Å². The molecule has 0 aliphatic rings. The van der Waals surface area contributed by atoms with Gasteiger partial charge in [-0.1, -0.05) is 17.7 Å². The molecule has 0 aliphatic carbocycles. The molecule has 0 spiro atoms. The van der Waals surface area contributed by atoms with Gasteiger partial charge in [-0.15, -0.1) is 0 Å². The third kappa shape index (κ3) is 5.98. The number of nitriles is 1. The van der Waals surface area contributed by atoms with Crippen LogP contribution in [-0.2, 0) is 4.79 Å². The number of rotatable bonds is 8. The van der Waals surface area contributed by atoms with Crippen molar-refractivity contribution in [2.75, 3.05) is 37.7 Å². The van der Waals surface area contributed by atoms with Crippen LogP contribution in [0.4, 0.5) is 21.5 Å². The number of anilines is 3. The number of hydrogen-bond donors (Lipinski definition) is 2. The minimum atomic E-state index is -3.51. The van der Waals surface area contributed by atoms with E-state index in [1.165, 1.54) is 12.1 Å². The van der Waals surface area contributed by atoms with E-state index >= 15 is 0 Å². The average molecular weight is 480 g/mol. The summed E-state index contributed by atoms with van der Waals surface area (Å²) in [6, 6.07) is 0.847. The predicted octanol–water partition coefficient (Wildman–Crippen LogP) is 5.10. The van der Waals surface area contributed by atoms with Gasteiger partial charge in [0.05, 0.1) is 39.6 Å². The number of carbonyl (C=O) groups excluding carboxylic acids is 1. The molecule has 0 radical (unpaired) electrons. The van der Waals surface area contributed by atoms with Crippen LogP contribution in [-0.4, -0.2) is 42.8 Å². The third-order valence-corrected chi connectivity index (χ3v) is 4.26. The topological polar surface area (TPSA) is 90.3 Å². The van der Waals surface area contributed by atoms with Crippen molar-refractivity contribution < 1.29 is 30.4 Å². The number of halogens is 2. The van der Waals surface area contributed by atoms with E-state index in [2.05, 4.69) is 15.6 Å². The van der Waals surface area contributed by atoms with Crippen LogP contribution >= 0.6 is 11.6 Å². The molecule has 1 aromatic heterocycles. The van der Waals surface area contributed by atoms with Crippen molar-refractivity contribution >= 4 is 45.5 Å². The fourth-order valence-electron chi connectivity index (χ4n) is 2.70. The van der Waals surface area contributed by atoms with Crippen LogP contribution in [0.5, 0.6) is 5.75 Å². The number of carbonyl (C=O) groups is 1. The normalized spacial score (nSPS) is 17.8. The van der Waals surface area contributed by atoms with E-state index in [0.29, 0.717) is 6.08 Å². The van der Waals surface area contributed by atoms with Gasteiger partial charge in [0.2, 0.25) is 5.91 Å². The number of nitrogens with zero attached hydrogens (tertiary/aromatic N) is 3. The zero-order valence-electron chi connectivity index (χ0n) is 28.9. The molecule has 0 fully saturated rings. The molecule has 0 atom stereocenters. The van der Waals surface area contributed by atoms with Crippen LogP contribution in [0, 0.1) is 17.1 Å². The highest BCUT2D eigenvalue weighted by Crippen LogP contribution is 2.36. The number of nitrogens with one attached hydrogen (secondary N) is 2. The zero-order chi connectivity index (χ0) is 34.2. The Morgan fingerprint density at radius 2 is 2.33 bits per heavy atom. The summed E-state index contributed by atoms with van der Waals surface area (Å²) in [6.07, 6.45) is 1.50. The van der Waals surface area contributed by atoms with Gasteiger partial charge in [0, 0.05) is 46.9 Å². The number of benzene rings is 2. The highest BCUT2D eigenvalue weighted by atomic mass is 35.5. The van der Waals surface area contributed by atoms with Crippen LogP contribution in [0.25, 0.3) is 10.9 Å². The second-order valence-corrected chi connectivity index (χ2v) is 6.56. The van der Waals surface area contributed by atoms with Gasteiger partial charge in [-0.25, -0.2) is 4.39 Å². The van der Waals surface area contributed by atoms with Crippen LogP contribution in [0.2, 0.25) is 5.02 Å². The Hall–Kier alpha value is -3.67. The summed E-state index contributed by atoms with van der Waals surface area (Å²) in [4.78, 5) is 16.6. The van der Waals surface area contributed by atoms with E-state index in [4.69, 9.17) is 32.8 Å². The minimum absolute atomic E-state index is 0.0108. The number of likely N-dealkylation sites (N-methyl/N-ethyl adjacent to an activating group) is 1. The maximum absolute atomic E-state index is 14.2. The highest BCUT2D eigenvalue weighted by molar-refractivity contribution is 6.31. The number of pyridine rings is 1. The largest absolute Gasteiger partial charge is 0.492 e. The molecule has 2 N–H and O–H groups in total. The molecule has 33 heavy (non-hydrogen) atoms. The van der Waals surface area contributed by atoms with E-state index in [1.807, 2.05) is 6.07 Å². The molecule has 1 amide bonds. The van der Waals surface area contributed by atoms with Crippen molar-refractivity contribution in [1.82, 2.24) is 9.88 Å². The van der Waals surface area contributed by atoms with Gasteiger partial charge in [-0.2, -0.15) is 5.26 Å². The summed E-state index contributed by atoms with van der Waals surface area (Å²) in [5, 5.41) is 14.1. The molecule has 9 heteroatoms. The number of hydrogen-bond acceptors (Lipinski definition) is 6. The van der Waals surface area contributed by atoms with Gasteiger partial charge in [0.15, 0.2) is 0 Å². The standard InChI is InChI=1S/C24H23ClFN5O2/c1-4-33-22-12-20-17(11-21(22)30-23(32)6-5-9-31(2)3)24(15(13-27)14-28-20)29-16-7-8-19(26)18(25)10-16/h5-8,10-12,14H,4,9H2,1-3H3,(H,28,29)(H,30,32)/b6-5+/i2D3,3D3,5D,7D,8D,9D2,10D. The quantitative estimate of drug-likeness (QED) is 0.437. The van der Waals surface area contributed by atoms with E-state index < -0.39 is 72.0 Å². The molecule has 7 nitrogen and oxygen atoms in total. The van der Waals surface area contributed by atoms with Crippen molar-refractivity contribution in [3.8, 4) is 11.8 Å². The van der Waals surface area contributed by atoms with Crippen molar-refractivity contribution in [1.29, 1.82) is 5.26 Å². The first-order valence-corrected chi connectivity index (χ1v) is 9.56. The molecular weight excluding hydrogens is 445 g/mol. The number of fused-ring (bicyclic) bond motifs is 1. The van der Waals surface area contributed by atoms with Crippen molar-refractivity contribution in [2.45, 2.75) is 6.92 Å². The first kappa shape index (κ1) is 12.5. The summed E-state index contributed by atoms with van der Waals surface area (Å²) >= 11 is 5.84. The fourth-order valence-corrected chi connectivity index (χ4v) is 2.84. The second kappa shape index (κ2) is 10.8. The molecule has 0 bridgehead atoms. The Morgan fingerprint density at radius 1 is 1.52 bits per heavy atom. The Kier molecular flexibility index (Phi) is 4.09. The average Bonchev–Trinajstić information content (AvgIpc) is 2.91. The maximum Gasteiger partial charge on any atom is 0.248 e. The molecule has 0 saturated carbocycles. The summed E-state index contributed by atoms with van der Waals surface area (Å²) in [7, 11) is 0. The zero-order valence-corrected chi connectivity index (χ0v) is 17.7. The first-order chi connectivity index (χ1) is 20.7. The van der Waals surface area contributed by atoms with Crippen molar-refractivity contribution in [3.63, 3.8) is 0 Å². The molecule has 2 aromatic carbocycles. The summed E-state index contributed by atoms with van der Waals surface area (Å²) in [5.41, 5.74) is -0.589. The smallest absolute Gasteiger partial charge is 0.248 e.